The highest BCUT2D eigenvalue weighted by Crippen LogP contribution is 2.45. The molecule has 2 unspecified atom stereocenters. The molecule has 3 rings (SSSR count). The number of amides is 2. The zero-order chi connectivity index (χ0) is 26.5. The molecular formula is C31H42N2O4. The Hall–Kier alpha value is -3.15. The van der Waals surface area contributed by atoms with Gasteiger partial charge in [0.2, 0.25) is 0 Å². The molecule has 6 nitrogen and oxygen atoms in total. The molecule has 2 atom stereocenters. The summed E-state index contributed by atoms with van der Waals surface area (Å²) in [4.78, 5) is 38.5. The van der Waals surface area contributed by atoms with Crippen molar-refractivity contribution in [3.63, 3.8) is 0 Å². The summed E-state index contributed by atoms with van der Waals surface area (Å²) in [6.45, 7) is 2.95. The maximum atomic E-state index is 13.0. The van der Waals surface area contributed by atoms with Gasteiger partial charge in [-0.05, 0) is 30.0 Å². The molecule has 1 aliphatic rings. The summed E-state index contributed by atoms with van der Waals surface area (Å²) >= 11 is 0. The Morgan fingerprint density at radius 3 is 2.08 bits per heavy atom. The van der Waals surface area contributed by atoms with Gasteiger partial charge in [-0.1, -0.05) is 113 Å². The Bertz CT molecular complexity index is 1010. The molecule has 0 aliphatic heterocycles. The van der Waals surface area contributed by atoms with Gasteiger partial charge in [0.25, 0.3) is 5.91 Å². The van der Waals surface area contributed by atoms with Gasteiger partial charge in [0.05, 0.1) is 0 Å². The van der Waals surface area contributed by atoms with Crippen molar-refractivity contribution in [2.45, 2.75) is 96.1 Å². The molecule has 2 amide bonds. The van der Waals surface area contributed by atoms with Gasteiger partial charge in [-0.15, -0.1) is 0 Å². The SMILES string of the molecule is CCCCCCCCCCCCNC(=O)c1ccccc1CN(C(=O)C(=O)O)C1CC1c1ccccc1. The van der Waals surface area contributed by atoms with E-state index in [0.717, 1.165) is 24.8 Å². The van der Waals surface area contributed by atoms with E-state index in [-0.39, 0.29) is 24.4 Å². The fourth-order valence-corrected chi connectivity index (χ4v) is 5.02. The van der Waals surface area contributed by atoms with E-state index in [2.05, 4.69) is 12.2 Å². The number of nitrogens with one attached hydrogen (secondary N) is 1. The molecule has 0 saturated heterocycles. The fourth-order valence-electron chi connectivity index (χ4n) is 5.02. The van der Waals surface area contributed by atoms with E-state index in [1.54, 1.807) is 18.2 Å². The van der Waals surface area contributed by atoms with Gasteiger partial charge < -0.3 is 15.3 Å². The van der Waals surface area contributed by atoms with Crippen LogP contribution in [0.25, 0.3) is 0 Å². The number of carboxylic acids is 1. The summed E-state index contributed by atoms with van der Waals surface area (Å²) in [5.74, 6) is -2.46. The lowest BCUT2D eigenvalue weighted by Gasteiger charge is -2.23. The van der Waals surface area contributed by atoms with Gasteiger partial charge in [-0.3, -0.25) is 9.59 Å². The van der Waals surface area contributed by atoms with Crippen LogP contribution in [-0.2, 0) is 16.1 Å². The highest BCUT2D eigenvalue weighted by Gasteiger charge is 2.46. The molecule has 0 radical (unpaired) electrons. The minimum absolute atomic E-state index is 0.0982. The van der Waals surface area contributed by atoms with Crippen molar-refractivity contribution < 1.29 is 19.5 Å². The topological polar surface area (TPSA) is 86.7 Å². The number of unbranched alkanes of at least 4 members (excludes halogenated alkanes) is 9. The minimum atomic E-state index is -1.47. The Morgan fingerprint density at radius 1 is 0.838 bits per heavy atom. The quantitative estimate of drug-likeness (QED) is 0.206. The van der Waals surface area contributed by atoms with Crippen molar-refractivity contribution in [3.05, 3.63) is 71.3 Å². The van der Waals surface area contributed by atoms with E-state index in [1.165, 1.54) is 56.3 Å². The van der Waals surface area contributed by atoms with Gasteiger partial charge in [0, 0.05) is 30.6 Å². The maximum Gasteiger partial charge on any atom is 0.394 e. The summed E-state index contributed by atoms with van der Waals surface area (Å²) in [7, 11) is 0. The van der Waals surface area contributed by atoms with Gasteiger partial charge in [0.15, 0.2) is 0 Å². The standard InChI is InChI=1S/C31H42N2O4/c1-2-3-4-5-6-7-8-9-10-16-21-32-29(34)26-20-15-14-19-25(26)23-33(30(35)31(36)37)28-22-27(28)24-17-12-11-13-18-24/h11-15,17-20,27-28H,2-10,16,21-23H2,1H3,(H,32,34)(H,36,37). The molecule has 200 valence electrons. The molecule has 2 aromatic rings. The number of carbonyl (C=O) groups excluding carboxylic acids is 2. The Morgan fingerprint density at radius 2 is 1.43 bits per heavy atom. The second-order valence-electron chi connectivity index (χ2n) is 10.2. The largest absolute Gasteiger partial charge is 0.474 e. The lowest BCUT2D eigenvalue weighted by atomic mass is 10.0. The molecule has 6 heteroatoms. The molecule has 1 aliphatic carbocycles. The number of hydrogen-bond acceptors (Lipinski definition) is 3. The molecular weight excluding hydrogens is 464 g/mol. The van der Waals surface area contributed by atoms with Crippen molar-refractivity contribution in [3.8, 4) is 0 Å². The first-order chi connectivity index (χ1) is 18.0. The van der Waals surface area contributed by atoms with Crippen LogP contribution in [0.15, 0.2) is 54.6 Å². The normalized spacial score (nSPS) is 16.2. The van der Waals surface area contributed by atoms with E-state index in [4.69, 9.17) is 0 Å². The molecule has 37 heavy (non-hydrogen) atoms. The highest BCUT2D eigenvalue weighted by atomic mass is 16.4. The predicted octanol–water partition coefficient (Wildman–Crippen LogP) is 6.31. The zero-order valence-electron chi connectivity index (χ0n) is 22.2. The molecule has 0 aromatic heterocycles. The number of rotatable bonds is 16. The first-order valence-corrected chi connectivity index (χ1v) is 14.0. The van der Waals surface area contributed by atoms with E-state index < -0.39 is 11.9 Å². The number of aliphatic carboxylic acids is 1. The second-order valence-corrected chi connectivity index (χ2v) is 10.2. The third kappa shape index (κ3) is 9.03. The van der Waals surface area contributed by atoms with E-state index >= 15 is 0 Å². The van der Waals surface area contributed by atoms with Crippen molar-refractivity contribution in [1.82, 2.24) is 10.2 Å². The van der Waals surface area contributed by atoms with Crippen LogP contribution in [-0.4, -0.2) is 40.4 Å². The fraction of sp³-hybridized carbons (Fsp3) is 0.516. The maximum absolute atomic E-state index is 13.0. The zero-order valence-corrected chi connectivity index (χ0v) is 22.2. The third-order valence-electron chi connectivity index (χ3n) is 7.25. The first kappa shape index (κ1) is 28.4. The number of carboxylic acid groups (broad SMARTS) is 1. The molecule has 2 aromatic carbocycles. The van der Waals surface area contributed by atoms with Crippen LogP contribution in [0, 0.1) is 0 Å². The van der Waals surface area contributed by atoms with Crippen molar-refractivity contribution in [2.75, 3.05) is 6.54 Å². The number of carbonyl (C=O) groups is 3. The van der Waals surface area contributed by atoms with Crippen LogP contribution in [0.4, 0.5) is 0 Å². The molecule has 0 spiro atoms. The van der Waals surface area contributed by atoms with E-state index in [9.17, 15) is 19.5 Å². The highest BCUT2D eigenvalue weighted by molar-refractivity contribution is 6.31. The van der Waals surface area contributed by atoms with Crippen LogP contribution in [0.1, 0.15) is 105 Å². The van der Waals surface area contributed by atoms with E-state index in [1.807, 2.05) is 36.4 Å². The summed E-state index contributed by atoms with van der Waals surface area (Å²) in [6.07, 6.45) is 13.1. The summed E-state index contributed by atoms with van der Waals surface area (Å²) in [6, 6.07) is 16.8. The third-order valence-corrected chi connectivity index (χ3v) is 7.25. The van der Waals surface area contributed by atoms with Gasteiger partial charge in [-0.25, -0.2) is 4.79 Å². The summed E-state index contributed by atoms with van der Waals surface area (Å²) in [5.41, 5.74) is 2.25. The summed E-state index contributed by atoms with van der Waals surface area (Å²) in [5, 5.41) is 12.5. The molecule has 1 fully saturated rings. The minimum Gasteiger partial charge on any atom is -0.474 e. The smallest absolute Gasteiger partial charge is 0.394 e. The van der Waals surface area contributed by atoms with Gasteiger partial charge in [0.1, 0.15) is 0 Å². The van der Waals surface area contributed by atoms with Crippen LogP contribution >= 0.6 is 0 Å². The van der Waals surface area contributed by atoms with E-state index in [0.29, 0.717) is 17.7 Å². The van der Waals surface area contributed by atoms with Crippen LogP contribution in [0.3, 0.4) is 0 Å². The van der Waals surface area contributed by atoms with Crippen LogP contribution in [0.5, 0.6) is 0 Å². The first-order valence-electron chi connectivity index (χ1n) is 14.0. The average molecular weight is 507 g/mol. The Balaban J connectivity index is 1.49. The predicted molar refractivity (Wildman–Crippen MR) is 146 cm³/mol. The Labute approximate surface area is 221 Å². The Kier molecular flexibility index (Phi) is 11.7. The number of nitrogens with zero attached hydrogens (tertiary/aromatic N) is 1. The molecule has 0 heterocycles. The molecule has 1 saturated carbocycles. The molecule has 2 N–H and O–H groups in total. The van der Waals surface area contributed by atoms with Crippen LogP contribution in [0.2, 0.25) is 0 Å². The lowest BCUT2D eigenvalue weighted by Crippen LogP contribution is -2.39. The van der Waals surface area contributed by atoms with Crippen LogP contribution < -0.4 is 5.32 Å². The van der Waals surface area contributed by atoms with Crippen molar-refractivity contribution >= 4 is 17.8 Å². The van der Waals surface area contributed by atoms with Crippen molar-refractivity contribution in [1.29, 1.82) is 0 Å². The average Bonchev–Trinajstić information content (AvgIpc) is 3.71. The van der Waals surface area contributed by atoms with Gasteiger partial charge in [-0.2, -0.15) is 0 Å². The summed E-state index contributed by atoms with van der Waals surface area (Å²) < 4.78 is 0. The molecule has 0 bridgehead atoms. The number of hydrogen-bond donors (Lipinski definition) is 2. The number of benzene rings is 2. The van der Waals surface area contributed by atoms with Crippen molar-refractivity contribution in [2.24, 2.45) is 0 Å². The lowest BCUT2D eigenvalue weighted by molar-refractivity contribution is -0.156. The monoisotopic (exact) mass is 506 g/mol. The van der Waals surface area contributed by atoms with Gasteiger partial charge >= 0.3 is 11.9 Å². The second kappa shape index (κ2) is 15.2.